The van der Waals surface area contributed by atoms with E-state index in [0.29, 0.717) is 5.56 Å². The van der Waals surface area contributed by atoms with Crippen LogP contribution >= 0.6 is 0 Å². The van der Waals surface area contributed by atoms with Crippen LogP contribution in [0.2, 0.25) is 0 Å². The van der Waals surface area contributed by atoms with Crippen molar-refractivity contribution >= 4 is 11.9 Å². The van der Waals surface area contributed by atoms with Gasteiger partial charge in [0.1, 0.15) is 0 Å². The summed E-state index contributed by atoms with van der Waals surface area (Å²) in [5, 5.41) is 0. The number of carbonyl (C=O) groups excluding carboxylic acids is 2. The van der Waals surface area contributed by atoms with Crippen LogP contribution in [0.25, 0.3) is 0 Å². The molecule has 0 atom stereocenters. The molecule has 0 radical (unpaired) electrons. The fourth-order valence-electron chi connectivity index (χ4n) is 2.17. The van der Waals surface area contributed by atoms with Crippen molar-refractivity contribution in [1.82, 2.24) is 0 Å². The molecule has 0 saturated carbocycles. The number of hydrogen-bond acceptors (Lipinski definition) is 4. The van der Waals surface area contributed by atoms with Crippen LogP contribution in [0.4, 0.5) is 0 Å². The van der Waals surface area contributed by atoms with E-state index in [4.69, 9.17) is 9.47 Å². The second-order valence-electron chi connectivity index (χ2n) is 6.40. The summed E-state index contributed by atoms with van der Waals surface area (Å²) in [5.41, 5.74) is 0.106. The van der Waals surface area contributed by atoms with Crippen LogP contribution in [0.1, 0.15) is 52.7 Å². The standard InChI is InChI=1S/C18H26O4/c1-7-21-15(19)18(6,16(20)22-8-2)14-11-9-10-13(12-14)17(3,4)5/h9-12H,7-8H2,1-6H3. The number of carbonyl (C=O) groups is 2. The van der Waals surface area contributed by atoms with Gasteiger partial charge in [-0.3, -0.25) is 9.59 Å². The molecule has 1 aromatic carbocycles. The van der Waals surface area contributed by atoms with Crippen molar-refractivity contribution in [1.29, 1.82) is 0 Å². The largest absolute Gasteiger partial charge is 0.465 e. The highest BCUT2D eigenvalue weighted by atomic mass is 16.6. The molecule has 0 fully saturated rings. The van der Waals surface area contributed by atoms with Gasteiger partial charge in [0, 0.05) is 0 Å². The molecule has 0 spiro atoms. The van der Waals surface area contributed by atoms with Crippen molar-refractivity contribution < 1.29 is 19.1 Å². The van der Waals surface area contributed by atoms with E-state index in [9.17, 15) is 9.59 Å². The lowest BCUT2D eigenvalue weighted by Crippen LogP contribution is -2.43. The molecule has 0 aliphatic heterocycles. The average Bonchev–Trinajstić information content (AvgIpc) is 2.46. The molecule has 4 nitrogen and oxygen atoms in total. The predicted molar refractivity (Wildman–Crippen MR) is 85.8 cm³/mol. The Morgan fingerprint density at radius 2 is 1.36 bits per heavy atom. The summed E-state index contributed by atoms with van der Waals surface area (Å²) >= 11 is 0. The zero-order valence-corrected chi connectivity index (χ0v) is 14.4. The smallest absolute Gasteiger partial charge is 0.327 e. The summed E-state index contributed by atoms with van der Waals surface area (Å²) in [6.07, 6.45) is 0. The van der Waals surface area contributed by atoms with Gasteiger partial charge in [-0.2, -0.15) is 0 Å². The number of rotatable bonds is 5. The number of esters is 2. The van der Waals surface area contributed by atoms with E-state index in [1.807, 2.05) is 18.2 Å². The van der Waals surface area contributed by atoms with Gasteiger partial charge in [-0.05, 0) is 37.3 Å². The second kappa shape index (κ2) is 6.95. The van der Waals surface area contributed by atoms with Gasteiger partial charge >= 0.3 is 11.9 Å². The van der Waals surface area contributed by atoms with E-state index >= 15 is 0 Å². The Morgan fingerprint density at radius 1 is 0.909 bits per heavy atom. The van der Waals surface area contributed by atoms with Gasteiger partial charge in [-0.1, -0.05) is 45.0 Å². The first kappa shape index (κ1) is 18.2. The maximum atomic E-state index is 12.4. The minimum Gasteiger partial charge on any atom is -0.465 e. The third kappa shape index (κ3) is 3.67. The van der Waals surface area contributed by atoms with Gasteiger partial charge in [-0.15, -0.1) is 0 Å². The minimum absolute atomic E-state index is 0.0831. The number of benzene rings is 1. The van der Waals surface area contributed by atoms with Crippen LogP contribution in [0.5, 0.6) is 0 Å². The molecule has 0 aromatic heterocycles. The van der Waals surface area contributed by atoms with Crippen molar-refractivity contribution in [2.75, 3.05) is 13.2 Å². The van der Waals surface area contributed by atoms with Crippen molar-refractivity contribution in [2.24, 2.45) is 0 Å². The summed E-state index contributed by atoms with van der Waals surface area (Å²) in [6, 6.07) is 7.49. The molecule has 1 rings (SSSR count). The molecule has 0 heterocycles. The van der Waals surface area contributed by atoms with Crippen LogP contribution in [0.3, 0.4) is 0 Å². The highest BCUT2D eigenvalue weighted by Gasteiger charge is 2.46. The highest BCUT2D eigenvalue weighted by molar-refractivity contribution is 6.05. The van der Waals surface area contributed by atoms with Gasteiger partial charge in [0.05, 0.1) is 13.2 Å². The van der Waals surface area contributed by atoms with Crippen LogP contribution in [0, 0.1) is 0 Å². The lowest BCUT2D eigenvalue weighted by atomic mass is 9.78. The van der Waals surface area contributed by atoms with E-state index in [1.54, 1.807) is 26.8 Å². The van der Waals surface area contributed by atoms with Gasteiger partial charge in [0.2, 0.25) is 0 Å². The fraction of sp³-hybridized carbons (Fsp3) is 0.556. The number of ether oxygens (including phenoxy) is 2. The Kier molecular flexibility index (Phi) is 5.75. The maximum absolute atomic E-state index is 12.4. The first-order valence-electron chi connectivity index (χ1n) is 7.63. The quantitative estimate of drug-likeness (QED) is 0.618. The Hall–Kier alpha value is -1.84. The van der Waals surface area contributed by atoms with E-state index < -0.39 is 17.4 Å². The second-order valence-corrected chi connectivity index (χ2v) is 6.40. The minimum atomic E-state index is -1.45. The van der Waals surface area contributed by atoms with Crippen LogP contribution < -0.4 is 0 Å². The summed E-state index contributed by atoms with van der Waals surface area (Å²) in [7, 11) is 0. The molecule has 1 aromatic rings. The first-order valence-corrected chi connectivity index (χ1v) is 7.63. The Labute approximate surface area is 132 Å². The molecular weight excluding hydrogens is 280 g/mol. The van der Waals surface area contributed by atoms with Crippen LogP contribution in [-0.2, 0) is 29.9 Å². The molecule has 0 N–H and O–H groups in total. The van der Waals surface area contributed by atoms with E-state index in [2.05, 4.69) is 20.8 Å². The fourth-order valence-corrected chi connectivity index (χ4v) is 2.17. The summed E-state index contributed by atoms with van der Waals surface area (Å²) in [5.74, 6) is -1.17. The van der Waals surface area contributed by atoms with Crippen molar-refractivity contribution in [2.45, 2.75) is 52.4 Å². The lowest BCUT2D eigenvalue weighted by Gasteiger charge is -2.27. The molecule has 122 valence electrons. The molecule has 0 unspecified atom stereocenters. The topological polar surface area (TPSA) is 52.6 Å². The molecule has 0 amide bonds. The normalized spacial score (nSPS) is 11.9. The number of hydrogen-bond donors (Lipinski definition) is 0. The zero-order valence-electron chi connectivity index (χ0n) is 14.4. The van der Waals surface area contributed by atoms with Gasteiger partial charge in [0.15, 0.2) is 5.41 Å². The molecule has 4 heteroatoms. The maximum Gasteiger partial charge on any atom is 0.327 e. The van der Waals surface area contributed by atoms with E-state index in [1.165, 1.54) is 0 Å². The third-order valence-corrected chi connectivity index (χ3v) is 3.67. The summed E-state index contributed by atoms with van der Waals surface area (Å²) in [4.78, 5) is 24.8. The monoisotopic (exact) mass is 306 g/mol. The van der Waals surface area contributed by atoms with Crippen molar-refractivity contribution in [3.8, 4) is 0 Å². The molecule has 0 saturated heterocycles. The first-order chi connectivity index (χ1) is 10.2. The Bertz CT molecular complexity index is 522. The van der Waals surface area contributed by atoms with Gasteiger partial charge in [-0.25, -0.2) is 0 Å². The van der Waals surface area contributed by atoms with Crippen LogP contribution in [0.15, 0.2) is 24.3 Å². The van der Waals surface area contributed by atoms with Crippen molar-refractivity contribution in [3.05, 3.63) is 35.4 Å². The Morgan fingerprint density at radius 3 is 1.77 bits per heavy atom. The van der Waals surface area contributed by atoms with E-state index in [0.717, 1.165) is 5.56 Å². The SMILES string of the molecule is CCOC(=O)C(C)(C(=O)OCC)c1cccc(C(C)(C)C)c1. The summed E-state index contributed by atoms with van der Waals surface area (Å²) < 4.78 is 10.2. The highest BCUT2D eigenvalue weighted by Crippen LogP contribution is 2.31. The van der Waals surface area contributed by atoms with E-state index in [-0.39, 0.29) is 18.6 Å². The van der Waals surface area contributed by atoms with Crippen molar-refractivity contribution in [3.63, 3.8) is 0 Å². The average molecular weight is 306 g/mol. The molecular formula is C18H26O4. The van der Waals surface area contributed by atoms with Gasteiger partial charge in [0.25, 0.3) is 0 Å². The van der Waals surface area contributed by atoms with Gasteiger partial charge < -0.3 is 9.47 Å². The summed E-state index contributed by atoms with van der Waals surface area (Å²) in [6.45, 7) is 11.7. The Balaban J connectivity index is 3.39. The zero-order chi connectivity index (χ0) is 17.0. The third-order valence-electron chi connectivity index (χ3n) is 3.67. The van der Waals surface area contributed by atoms with Crippen LogP contribution in [-0.4, -0.2) is 25.2 Å². The predicted octanol–water partition coefficient (Wildman–Crippen LogP) is 3.37. The lowest BCUT2D eigenvalue weighted by molar-refractivity contribution is -0.163. The molecule has 0 aliphatic rings. The molecule has 0 aliphatic carbocycles. The molecule has 0 bridgehead atoms. The molecule has 22 heavy (non-hydrogen) atoms.